The van der Waals surface area contributed by atoms with E-state index in [1.165, 1.54) is 0 Å². The monoisotopic (exact) mass is 298 g/mol. The fourth-order valence-electron chi connectivity index (χ4n) is 2.32. The van der Waals surface area contributed by atoms with Gasteiger partial charge in [0.05, 0.1) is 0 Å². The molecule has 0 bridgehead atoms. The van der Waals surface area contributed by atoms with Crippen molar-refractivity contribution in [1.29, 1.82) is 0 Å². The Labute approximate surface area is 111 Å². The second-order valence-corrected chi connectivity index (χ2v) is 6.44. The predicted octanol–water partition coefficient (Wildman–Crippen LogP) is 3.95. The zero-order chi connectivity index (χ0) is 13.2. The first-order chi connectivity index (χ1) is 7.76. The fourth-order valence-corrected chi connectivity index (χ4v) is 2.55. The lowest BCUT2D eigenvalue weighted by molar-refractivity contribution is -0.123. The van der Waals surface area contributed by atoms with Crippen molar-refractivity contribution in [3.63, 3.8) is 0 Å². The number of hydrogen-bond donors (Lipinski definition) is 0. The molecule has 1 aliphatic carbocycles. The summed E-state index contributed by atoms with van der Waals surface area (Å²) in [4.78, 5) is 23.4. The lowest BCUT2D eigenvalue weighted by atomic mass is 9.80. The second kappa shape index (κ2) is 5.30. The zero-order valence-electron chi connectivity index (χ0n) is 10.9. The topological polar surface area (TPSA) is 34.1 Å². The molecule has 0 amide bonds. The van der Waals surface area contributed by atoms with Crippen molar-refractivity contribution >= 4 is 27.5 Å². The van der Waals surface area contributed by atoms with Gasteiger partial charge in [-0.2, -0.15) is 0 Å². The molecule has 1 unspecified atom stereocenters. The first kappa shape index (κ1) is 14.4. The van der Waals surface area contributed by atoms with Crippen molar-refractivity contribution in [3.05, 3.63) is 21.7 Å². The van der Waals surface area contributed by atoms with Crippen LogP contribution in [0, 0.1) is 5.41 Å². The van der Waals surface area contributed by atoms with Gasteiger partial charge in [0.15, 0.2) is 5.78 Å². The smallest absolute Gasteiger partial charge is 0.169 e. The van der Waals surface area contributed by atoms with Crippen LogP contribution in [0.15, 0.2) is 21.7 Å². The lowest BCUT2D eigenvalue weighted by Crippen LogP contribution is -2.24. The van der Waals surface area contributed by atoms with Crippen molar-refractivity contribution in [1.82, 2.24) is 0 Å². The summed E-state index contributed by atoms with van der Waals surface area (Å²) in [7, 11) is 0. The Morgan fingerprint density at radius 3 is 2.53 bits per heavy atom. The minimum atomic E-state index is -0.385. The molecule has 0 aliphatic heterocycles. The van der Waals surface area contributed by atoms with Crippen molar-refractivity contribution in [2.24, 2.45) is 5.41 Å². The van der Waals surface area contributed by atoms with E-state index in [2.05, 4.69) is 15.9 Å². The number of allylic oxidation sites excluding steroid dienone is 4. The van der Waals surface area contributed by atoms with E-state index in [1.807, 2.05) is 26.8 Å². The van der Waals surface area contributed by atoms with Gasteiger partial charge in [0.2, 0.25) is 0 Å². The van der Waals surface area contributed by atoms with E-state index < -0.39 is 0 Å². The van der Waals surface area contributed by atoms with E-state index in [1.54, 1.807) is 6.92 Å². The number of halogens is 1. The molecule has 1 atom stereocenters. The molecular weight excluding hydrogens is 280 g/mol. The first-order valence-corrected chi connectivity index (χ1v) is 6.63. The summed E-state index contributed by atoms with van der Waals surface area (Å²) in [6.07, 6.45) is 3.79. The second-order valence-electron chi connectivity index (χ2n) is 5.19. The SMILES string of the molecule is CC(=O)CCC1(C)CC(C)=C(/C=C(\C)Br)C1=O. The number of carbonyl (C=O) groups excluding carboxylic acids is 2. The Morgan fingerprint density at radius 1 is 1.47 bits per heavy atom. The maximum Gasteiger partial charge on any atom is 0.169 e. The van der Waals surface area contributed by atoms with E-state index in [0.29, 0.717) is 12.8 Å². The molecule has 94 valence electrons. The molecule has 0 aromatic heterocycles. The van der Waals surface area contributed by atoms with Gasteiger partial charge in [-0.3, -0.25) is 4.79 Å². The number of hydrogen-bond acceptors (Lipinski definition) is 2. The van der Waals surface area contributed by atoms with Crippen LogP contribution in [0.25, 0.3) is 0 Å². The molecule has 0 aromatic carbocycles. The molecule has 0 aromatic rings. The van der Waals surface area contributed by atoms with E-state index in [0.717, 1.165) is 22.0 Å². The summed E-state index contributed by atoms with van der Waals surface area (Å²) in [6, 6.07) is 0. The first-order valence-electron chi connectivity index (χ1n) is 5.84. The maximum absolute atomic E-state index is 12.4. The summed E-state index contributed by atoms with van der Waals surface area (Å²) >= 11 is 3.36. The summed E-state index contributed by atoms with van der Waals surface area (Å²) in [5, 5.41) is 0. The summed E-state index contributed by atoms with van der Waals surface area (Å²) in [6.45, 7) is 7.45. The molecule has 0 heterocycles. The third kappa shape index (κ3) is 3.38. The molecule has 3 heteroatoms. The highest BCUT2D eigenvalue weighted by Gasteiger charge is 2.40. The molecule has 0 fully saturated rings. The van der Waals surface area contributed by atoms with Crippen LogP contribution in [0.2, 0.25) is 0 Å². The molecular formula is C14H19BrO2. The normalized spacial score (nSPS) is 25.7. The van der Waals surface area contributed by atoms with Crippen LogP contribution in [0.4, 0.5) is 0 Å². The molecule has 2 nitrogen and oxygen atoms in total. The highest BCUT2D eigenvalue weighted by atomic mass is 79.9. The molecule has 1 aliphatic rings. The minimum absolute atomic E-state index is 0.150. The number of Topliss-reactive ketones (excluding diaryl/α,β-unsaturated/α-hetero) is 2. The molecule has 1 rings (SSSR count). The largest absolute Gasteiger partial charge is 0.300 e. The minimum Gasteiger partial charge on any atom is -0.300 e. The molecule has 0 saturated heterocycles. The Kier molecular flexibility index (Phi) is 4.48. The Bertz CT molecular complexity index is 414. The van der Waals surface area contributed by atoms with Crippen LogP contribution in [0.1, 0.15) is 47.0 Å². The van der Waals surface area contributed by atoms with Crippen molar-refractivity contribution < 1.29 is 9.59 Å². The van der Waals surface area contributed by atoms with Gasteiger partial charge in [0.25, 0.3) is 0 Å². The van der Waals surface area contributed by atoms with Crippen molar-refractivity contribution in [2.75, 3.05) is 0 Å². The quantitative estimate of drug-likeness (QED) is 0.787. The van der Waals surface area contributed by atoms with Gasteiger partial charge in [0.1, 0.15) is 5.78 Å². The Hall–Kier alpha value is -0.700. The van der Waals surface area contributed by atoms with Crippen molar-refractivity contribution in [2.45, 2.75) is 47.0 Å². The van der Waals surface area contributed by atoms with Gasteiger partial charge >= 0.3 is 0 Å². The Morgan fingerprint density at radius 2 is 2.06 bits per heavy atom. The molecule has 0 radical (unpaired) electrons. The van der Waals surface area contributed by atoms with Crippen LogP contribution in [-0.2, 0) is 9.59 Å². The van der Waals surface area contributed by atoms with Crippen LogP contribution >= 0.6 is 15.9 Å². The molecule has 0 N–H and O–H groups in total. The van der Waals surface area contributed by atoms with Crippen LogP contribution in [0.3, 0.4) is 0 Å². The van der Waals surface area contributed by atoms with E-state index in [9.17, 15) is 9.59 Å². The van der Waals surface area contributed by atoms with E-state index in [-0.39, 0.29) is 17.0 Å². The number of ketones is 2. The highest BCUT2D eigenvalue weighted by molar-refractivity contribution is 9.11. The number of rotatable bonds is 4. The zero-order valence-corrected chi connectivity index (χ0v) is 12.5. The van der Waals surface area contributed by atoms with Gasteiger partial charge in [-0.05, 0) is 44.2 Å². The summed E-state index contributed by atoms with van der Waals surface area (Å²) < 4.78 is 0.955. The molecule has 0 saturated carbocycles. The lowest BCUT2D eigenvalue weighted by Gasteiger charge is -2.21. The van der Waals surface area contributed by atoms with Crippen LogP contribution in [-0.4, -0.2) is 11.6 Å². The third-order valence-electron chi connectivity index (χ3n) is 3.28. The van der Waals surface area contributed by atoms with E-state index in [4.69, 9.17) is 0 Å². The third-order valence-corrected chi connectivity index (χ3v) is 3.51. The van der Waals surface area contributed by atoms with E-state index >= 15 is 0 Å². The summed E-state index contributed by atoms with van der Waals surface area (Å²) in [5.74, 6) is 0.326. The number of carbonyl (C=O) groups is 2. The average molecular weight is 299 g/mol. The summed E-state index contributed by atoms with van der Waals surface area (Å²) in [5.41, 5.74) is 1.55. The van der Waals surface area contributed by atoms with Crippen LogP contribution < -0.4 is 0 Å². The maximum atomic E-state index is 12.4. The predicted molar refractivity (Wildman–Crippen MR) is 73.0 cm³/mol. The van der Waals surface area contributed by atoms with Crippen molar-refractivity contribution in [3.8, 4) is 0 Å². The van der Waals surface area contributed by atoms with Gasteiger partial charge in [-0.15, -0.1) is 0 Å². The molecule has 17 heavy (non-hydrogen) atoms. The van der Waals surface area contributed by atoms with Gasteiger partial charge < -0.3 is 4.79 Å². The molecule has 0 spiro atoms. The van der Waals surface area contributed by atoms with Crippen LogP contribution in [0.5, 0.6) is 0 Å². The fraction of sp³-hybridized carbons (Fsp3) is 0.571. The average Bonchev–Trinajstić information content (AvgIpc) is 2.40. The highest BCUT2D eigenvalue weighted by Crippen LogP contribution is 2.42. The van der Waals surface area contributed by atoms with Gasteiger partial charge in [0, 0.05) is 17.4 Å². The standard InChI is InChI=1S/C14H19BrO2/c1-9-8-14(4,6-5-11(3)16)13(17)12(9)7-10(2)15/h7H,5-6,8H2,1-4H3/b10-7+. The Balaban J connectivity index is 2.89. The van der Waals surface area contributed by atoms with Gasteiger partial charge in [-0.25, -0.2) is 0 Å². The van der Waals surface area contributed by atoms with Gasteiger partial charge in [-0.1, -0.05) is 28.4 Å².